The molecule has 0 unspecified atom stereocenters. The van der Waals surface area contributed by atoms with Crippen LogP contribution in [0.2, 0.25) is 0 Å². The van der Waals surface area contributed by atoms with Gasteiger partial charge in [0, 0.05) is 16.8 Å². The topological polar surface area (TPSA) is 68.9 Å². The van der Waals surface area contributed by atoms with E-state index in [2.05, 4.69) is 25.0 Å². The monoisotopic (exact) mass is 340 g/mol. The van der Waals surface area contributed by atoms with Gasteiger partial charge in [-0.1, -0.05) is 6.07 Å². The lowest BCUT2D eigenvalue weighted by Gasteiger charge is -2.04. The normalized spacial score (nSPS) is 11.5. The first-order valence-electron chi connectivity index (χ1n) is 7.32. The average molecular weight is 340 g/mol. The van der Waals surface area contributed by atoms with E-state index in [1.54, 1.807) is 16.6 Å². The van der Waals surface area contributed by atoms with Crippen LogP contribution in [0, 0.1) is 26.6 Å². The molecule has 0 spiro atoms. The van der Waals surface area contributed by atoms with Crippen molar-refractivity contribution in [3.63, 3.8) is 0 Å². The maximum atomic E-state index is 13.9. The van der Waals surface area contributed by atoms with E-state index < -0.39 is 0 Å². The van der Waals surface area contributed by atoms with Gasteiger partial charge in [0.25, 0.3) is 5.78 Å². The van der Waals surface area contributed by atoms with Crippen LogP contribution in [0.25, 0.3) is 16.7 Å². The molecule has 0 radical (unpaired) electrons. The Morgan fingerprint density at radius 1 is 1.08 bits per heavy atom. The molecule has 6 nitrogen and oxygen atoms in total. The van der Waals surface area contributed by atoms with Crippen molar-refractivity contribution < 1.29 is 4.39 Å². The fourth-order valence-corrected chi connectivity index (χ4v) is 3.27. The third-order valence-corrected chi connectivity index (χ3v) is 4.88. The van der Waals surface area contributed by atoms with Crippen LogP contribution in [-0.2, 0) is 0 Å². The van der Waals surface area contributed by atoms with Crippen LogP contribution in [-0.4, -0.2) is 29.5 Å². The van der Waals surface area contributed by atoms with E-state index in [-0.39, 0.29) is 5.82 Å². The summed E-state index contributed by atoms with van der Waals surface area (Å²) in [4.78, 5) is 17.2. The molecule has 0 fully saturated rings. The number of hydrogen-bond acceptors (Lipinski definition) is 6. The molecule has 0 aliphatic heterocycles. The lowest BCUT2D eigenvalue weighted by molar-refractivity contribution is 0.636. The molecule has 0 saturated heterocycles. The SMILES string of the molecule is Cc1nc2nc(Sc3ncnc4c(F)cccc34)nn2c(C)c1C. The Morgan fingerprint density at radius 3 is 2.75 bits per heavy atom. The molecule has 0 saturated carbocycles. The van der Waals surface area contributed by atoms with Gasteiger partial charge in [0.15, 0.2) is 0 Å². The number of fused-ring (bicyclic) bond motifs is 2. The zero-order chi connectivity index (χ0) is 16.8. The molecule has 4 rings (SSSR count). The van der Waals surface area contributed by atoms with E-state index in [4.69, 9.17) is 0 Å². The first-order chi connectivity index (χ1) is 11.5. The lowest BCUT2D eigenvalue weighted by Crippen LogP contribution is -2.02. The minimum Gasteiger partial charge on any atom is -0.233 e. The van der Waals surface area contributed by atoms with Crippen LogP contribution in [0.15, 0.2) is 34.7 Å². The average Bonchev–Trinajstić information content (AvgIpc) is 2.96. The Labute approximate surface area is 141 Å². The molecule has 0 aliphatic carbocycles. The second-order valence-corrected chi connectivity index (χ2v) is 6.39. The lowest BCUT2D eigenvalue weighted by atomic mass is 10.2. The largest absolute Gasteiger partial charge is 0.253 e. The second-order valence-electron chi connectivity index (χ2n) is 5.43. The van der Waals surface area contributed by atoms with Crippen molar-refractivity contribution in [1.82, 2.24) is 29.5 Å². The van der Waals surface area contributed by atoms with E-state index in [0.717, 1.165) is 17.0 Å². The van der Waals surface area contributed by atoms with Crippen LogP contribution < -0.4 is 0 Å². The zero-order valence-electron chi connectivity index (χ0n) is 13.3. The predicted octanol–water partition coefficient (Wildman–Crippen LogP) is 3.28. The van der Waals surface area contributed by atoms with E-state index in [0.29, 0.717) is 26.9 Å². The standard InChI is InChI=1S/C16H13FN6S/c1-8-9(2)20-15-21-16(22-23(15)10(8)3)24-14-11-5-4-6-12(17)13(11)18-7-19-14/h4-7H,1-3H3. The van der Waals surface area contributed by atoms with Gasteiger partial charge in [0.05, 0.1) is 0 Å². The number of benzene rings is 1. The van der Waals surface area contributed by atoms with Gasteiger partial charge in [-0.15, -0.1) is 5.10 Å². The highest BCUT2D eigenvalue weighted by atomic mass is 32.2. The minimum absolute atomic E-state index is 0.291. The van der Waals surface area contributed by atoms with Crippen LogP contribution >= 0.6 is 11.8 Å². The molecule has 3 heterocycles. The van der Waals surface area contributed by atoms with Gasteiger partial charge >= 0.3 is 0 Å². The third kappa shape index (κ3) is 2.30. The molecule has 24 heavy (non-hydrogen) atoms. The van der Waals surface area contributed by atoms with Crippen molar-refractivity contribution >= 4 is 28.4 Å². The number of halogens is 1. The molecule has 0 aliphatic rings. The highest BCUT2D eigenvalue weighted by Crippen LogP contribution is 2.30. The van der Waals surface area contributed by atoms with Gasteiger partial charge in [-0.25, -0.2) is 23.9 Å². The summed E-state index contributed by atoms with van der Waals surface area (Å²) in [6.45, 7) is 5.94. The number of aromatic nitrogens is 6. The van der Waals surface area contributed by atoms with E-state index in [1.165, 1.54) is 24.2 Å². The Morgan fingerprint density at radius 2 is 1.92 bits per heavy atom. The molecular formula is C16H13FN6S. The summed E-state index contributed by atoms with van der Waals surface area (Å²) in [7, 11) is 0. The zero-order valence-corrected chi connectivity index (χ0v) is 14.1. The van der Waals surface area contributed by atoms with Crippen LogP contribution in [0.1, 0.15) is 17.0 Å². The second kappa shape index (κ2) is 5.48. The highest BCUT2D eigenvalue weighted by molar-refractivity contribution is 7.99. The number of hydrogen-bond donors (Lipinski definition) is 0. The van der Waals surface area contributed by atoms with Crippen molar-refractivity contribution in [1.29, 1.82) is 0 Å². The minimum atomic E-state index is -0.372. The molecular weight excluding hydrogens is 327 g/mol. The van der Waals surface area contributed by atoms with Crippen molar-refractivity contribution in [3.8, 4) is 0 Å². The Balaban J connectivity index is 1.83. The van der Waals surface area contributed by atoms with Crippen LogP contribution in [0.3, 0.4) is 0 Å². The predicted molar refractivity (Wildman–Crippen MR) is 88.6 cm³/mol. The molecule has 0 amide bonds. The summed E-state index contributed by atoms with van der Waals surface area (Å²) in [5.74, 6) is 0.172. The van der Waals surface area contributed by atoms with Gasteiger partial charge in [-0.3, -0.25) is 0 Å². The summed E-state index contributed by atoms with van der Waals surface area (Å²) < 4.78 is 15.6. The Kier molecular flexibility index (Phi) is 3.42. The molecule has 0 atom stereocenters. The van der Waals surface area contributed by atoms with Crippen molar-refractivity contribution in [2.24, 2.45) is 0 Å². The molecule has 0 N–H and O–H groups in total. The quantitative estimate of drug-likeness (QED) is 0.522. The first-order valence-corrected chi connectivity index (χ1v) is 8.14. The summed E-state index contributed by atoms with van der Waals surface area (Å²) >= 11 is 1.27. The van der Waals surface area contributed by atoms with Gasteiger partial charge in [-0.05, 0) is 50.2 Å². The maximum absolute atomic E-state index is 13.9. The van der Waals surface area contributed by atoms with Gasteiger partial charge in [-0.2, -0.15) is 4.98 Å². The third-order valence-electron chi connectivity index (χ3n) is 4.01. The highest BCUT2D eigenvalue weighted by Gasteiger charge is 2.14. The smallest absolute Gasteiger partial charge is 0.233 e. The summed E-state index contributed by atoms with van der Waals surface area (Å²) in [5, 5.41) is 6.25. The van der Waals surface area contributed by atoms with Gasteiger partial charge in [0.1, 0.15) is 22.7 Å². The van der Waals surface area contributed by atoms with E-state index in [9.17, 15) is 4.39 Å². The molecule has 3 aromatic heterocycles. The van der Waals surface area contributed by atoms with Crippen LogP contribution in [0.4, 0.5) is 4.39 Å². The number of rotatable bonds is 2. The summed E-state index contributed by atoms with van der Waals surface area (Å²) in [6.07, 6.45) is 1.35. The number of aryl methyl sites for hydroxylation is 2. The first kappa shape index (κ1) is 14.9. The number of para-hydroxylation sites is 1. The van der Waals surface area contributed by atoms with Crippen molar-refractivity contribution in [2.45, 2.75) is 31.0 Å². The van der Waals surface area contributed by atoms with Gasteiger partial charge in [0.2, 0.25) is 5.16 Å². The number of nitrogens with zero attached hydrogens (tertiary/aromatic N) is 6. The van der Waals surface area contributed by atoms with Gasteiger partial charge < -0.3 is 0 Å². The van der Waals surface area contributed by atoms with Crippen molar-refractivity contribution in [3.05, 3.63) is 47.3 Å². The molecule has 120 valence electrons. The Bertz CT molecular complexity index is 1090. The van der Waals surface area contributed by atoms with Crippen molar-refractivity contribution in [2.75, 3.05) is 0 Å². The molecule has 1 aromatic carbocycles. The summed E-state index contributed by atoms with van der Waals surface area (Å²) in [6, 6.07) is 4.81. The summed E-state index contributed by atoms with van der Waals surface area (Å²) in [5.41, 5.74) is 3.30. The molecule has 0 bridgehead atoms. The van der Waals surface area contributed by atoms with Crippen LogP contribution in [0.5, 0.6) is 0 Å². The fourth-order valence-electron chi connectivity index (χ4n) is 2.48. The van der Waals surface area contributed by atoms with E-state index in [1.807, 2.05) is 20.8 Å². The molecule has 8 heteroatoms. The maximum Gasteiger partial charge on any atom is 0.253 e. The van der Waals surface area contributed by atoms with E-state index >= 15 is 0 Å². The molecule has 4 aromatic rings. The fraction of sp³-hybridized carbons (Fsp3) is 0.188. The Hall–Kier alpha value is -2.61.